The monoisotopic (exact) mass is 305 g/mol. The second-order valence-electron chi connectivity index (χ2n) is 2.51. The molecule has 0 spiro atoms. The molecule has 0 aliphatic carbocycles. The van der Waals surface area contributed by atoms with Crippen LogP contribution in [0.15, 0.2) is 30.3 Å². The largest absolute Gasteiger partial charge is 0.364 e. The number of rotatable bonds is 1. The number of hydroxylamine groups is 1. The summed E-state index contributed by atoms with van der Waals surface area (Å²) in [5.74, 6) is -0.884. The van der Waals surface area contributed by atoms with Gasteiger partial charge in [0.2, 0.25) is 0 Å². The summed E-state index contributed by atoms with van der Waals surface area (Å²) in [6.07, 6.45) is 0. The number of benzene rings is 1. The second-order valence-corrected chi connectivity index (χ2v) is 3.38. The minimum absolute atomic E-state index is 0.338. The normalized spacial score (nSPS) is 9.29. The molecule has 0 radical (unpaired) electrons. The molecular weight excluding hydrogens is 297 g/mol. The molecule has 4 nitrogen and oxygen atoms in total. The average molecular weight is 305 g/mol. The van der Waals surface area contributed by atoms with Crippen molar-refractivity contribution >= 4 is 34.7 Å². The maximum atomic E-state index is 11.3. The first-order valence-corrected chi connectivity index (χ1v) is 4.81. The van der Waals surface area contributed by atoms with Crippen molar-refractivity contribution < 1.29 is 14.4 Å². The van der Waals surface area contributed by atoms with Crippen LogP contribution in [0.1, 0.15) is 17.3 Å². The Kier molecular flexibility index (Phi) is 3.87. The fourth-order valence-corrected chi connectivity index (χ4v) is 0.943. The molecule has 0 fully saturated rings. The summed E-state index contributed by atoms with van der Waals surface area (Å²) >= 11 is 1.61. The molecule has 0 saturated carbocycles. The molecular formula is C9H8INO3. The van der Waals surface area contributed by atoms with Gasteiger partial charge in [-0.3, -0.25) is 4.79 Å². The van der Waals surface area contributed by atoms with Gasteiger partial charge in [0.05, 0.1) is 5.56 Å². The number of amides is 1. The third kappa shape index (κ3) is 2.99. The fourth-order valence-electron chi connectivity index (χ4n) is 0.764. The summed E-state index contributed by atoms with van der Waals surface area (Å²) < 4.78 is 0.868. The van der Waals surface area contributed by atoms with Crippen LogP contribution in [0.25, 0.3) is 0 Å². The van der Waals surface area contributed by atoms with Gasteiger partial charge in [-0.25, -0.2) is 4.79 Å². The summed E-state index contributed by atoms with van der Waals surface area (Å²) in [7, 11) is 0. The summed E-state index contributed by atoms with van der Waals surface area (Å²) in [5, 5.41) is 0. The highest BCUT2D eigenvalue weighted by Crippen LogP contribution is 2.07. The van der Waals surface area contributed by atoms with Crippen molar-refractivity contribution in [3.8, 4) is 0 Å². The number of nitrogens with zero attached hydrogens (tertiary/aromatic N) is 1. The Balaban J connectivity index is 2.64. The van der Waals surface area contributed by atoms with Crippen LogP contribution in [0.5, 0.6) is 0 Å². The van der Waals surface area contributed by atoms with E-state index in [2.05, 4.69) is 0 Å². The van der Waals surface area contributed by atoms with Gasteiger partial charge < -0.3 is 4.84 Å². The Morgan fingerprint density at radius 3 is 2.36 bits per heavy atom. The first-order chi connectivity index (χ1) is 6.61. The van der Waals surface area contributed by atoms with Gasteiger partial charge in [0.15, 0.2) is 0 Å². The zero-order valence-corrected chi connectivity index (χ0v) is 9.59. The summed E-state index contributed by atoms with van der Waals surface area (Å²) in [6.45, 7) is 1.31. The first kappa shape index (κ1) is 11.0. The summed E-state index contributed by atoms with van der Waals surface area (Å²) in [6, 6.07) is 8.48. The molecule has 1 aromatic rings. The Bertz CT molecular complexity index is 339. The summed E-state index contributed by atoms with van der Waals surface area (Å²) in [5.41, 5.74) is 0.412. The highest BCUT2D eigenvalue weighted by Gasteiger charge is 2.13. The summed E-state index contributed by atoms with van der Waals surface area (Å²) in [4.78, 5) is 26.8. The van der Waals surface area contributed by atoms with Crippen LogP contribution in [0.2, 0.25) is 0 Å². The van der Waals surface area contributed by atoms with Gasteiger partial charge in [0.1, 0.15) is 22.9 Å². The van der Waals surface area contributed by atoms with Crippen LogP contribution < -0.4 is 0 Å². The number of carbonyl (C=O) groups is 2. The van der Waals surface area contributed by atoms with Gasteiger partial charge >= 0.3 is 5.97 Å². The lowest BCUT2D eigenvalue weighted by Crippen LogP contribution is -2.22. The Morgan fingerprint density at radius 1 is 1.29 bits per heavy atom. The molecule has 0 aromatic heterocycles. The Morgan fingerprint density at radius 2 is 1.86 bits per heavy atom. The lowest BCUT2D eigenvalue weighted by Gasteiger charge is -2.10. The highest BCUT2D eigenvalue weighted by atomic mass is 127. The van der Waals surface area contributed by atoms with E-state index in [0.29, 0.717) is 5.56 Å². The molecule has 0 saturated heterocycles. The van der Waals surface area contributed by atoms with E-state index in [-0.39, 0.29) is 5.91 Å². The molecule has 0 bridgehead atoms. The first-order valence-electron chi connectivity index (χ1n) is 3.85. The van der Waals surface area contributed by atoms with Crippen molar-refractivity contribution in [2.75, 3.05) is 0 Å². The van der Waals surface area contributed by atoms with Gasteiger partial charge in [-0.2, -0.15) is 0 Å². The zero-order valence-electron chi connectivity index (χ0n) is 7.44. The van der Waals surface area contributed by atoms with Crippen molar-refractivity contribution in [3.05, 3.63) is 35.9 Å². The van der Waals surface area contributed by atoms with E-state index >= 15 is 0 Å². The second kappa shape index (κ2) is 4.94. The van der Waals surface area contributed by atoms with E-state index in [1.54, 1.807) is 53.2 Å². The van der Waals surface area contributed by atoms with Gasteiger partial charge in [-0.05, 0) is 12.1 Å². The lowest BCUT2D eigenvalue weighted by atomic mass is 10.2. The van der Waals surface area contributed by atoms with Crippen LogP contribution in [0.3, 0.4) is 0 Å². The minimum atomic E-state index is -0.546. The predicted octanol–water partition coefficient (Wildman–Crippen LogP) is 1.96. The number of hydrogen-bond acceptors (Lipinski definition) is 3. The van der Waals surface area contributed by atoms with E-state index in [0.717, 1.165) is 3.28 Å². The molecule has 1 aromatic carbocycles. The van der Waals surface area contributed by atoms with Gasteiger partial charge in [0.25, 0.3) is 5.91 Å². The molecule has 1 rings (SSSR count). The number of halogens is 1. The van der Waals surface area contributed by atoms with Gasteiger partial charge in [0, 0.05) is 6.92 Å². The smallest absolute Gasteiger partial charge is 0.323 e. The number of carbonyl (C=O) groups excluding carboxylic acids is 2. The molecule has 0 aliphatic rings. The van der Waals surface area contributed by atoms with Gasteiger partial charge in [-0.1, -0.05) is 18.2 Å². The van der Waals surface area contributed by atoms with Crippen molar-refractivity contribution in [1.29, 1.82) is 0 Å². The molecule has 0 aliphatic heterocycles. The highest BCUT2D eigenvalue weighted by molar-refractivity contribution is 14.1. The maximum Gasteiger partial charge on any atom is 0.364 e. The average Bonchev–Trinajstić information content (AvgIpc) is 2.19. The van der Waals surface area contributed by atoms with E-state index in [4.69, 9.17) is 4.84 Å². The third-order valence-corrected chi connectivity index (χ3v) is 2.30. The Labute approximate surface area is 95.3 Å². The third-order valence-electron chi connectivity index (χ3n) is 1.42. The van der Waals surface area contributed by atoms with E-state index in [9.17, 15) is 9.59 Å². The van der Waals surface area contributed by atoms with Gasteiger partial charge in [-0.15, -0.1) is 3.28 Å². The van der Waals surface area contributed by atoms with Crippen LogP contribution in [-0.2, 0) is 9.63 Å². The van der Waals surface area contributed by atoms with E-state index < -0.39 is 5.97 Å². The van der Waals surface area contributed by atoms with Crippen LogP contribution in [-0.4, -0.2) is 15.2 Å². The predicted molar refractivity (Wildman–Crippen MR) is 58.4 cm³/mol. The molecule has 1 amide bonds. The van der Waals surface area contributed by atoms with Crippen molar-refractivity contribution in [3.63, 3.8) is 0 Å². The van der Waals surface area contributed by atoms with Crippen molar-refractivity contribution in [2.45, 2.75) is 6.92 Å². The quantitative estimate of drug-likeness (QED) is 0.453. The fraction of sp³-hybridized carbons (Fsp3) is 0.111. The molecule has 74 valence electrons. The molecule has 0 N–H and O–H groups in total. The molecule has 5 heteroatoms. The van der Waals surface area contributed by atoms with Crippen LogP contribution >= 0.6 is 22.9 Å². The molecule has 14 heavy (non-hydrogen) atoms. The lowest BCUT2D eigenvalue weighted by molar-refractivity contribution is -0.140. The SMILES string of the molecule is CC(=O)N(I)OC(=O)c1ccccc1. The van der Waals surface area contributed by atoms with Crippen LogP contribution in [0.4, 0.5) is 0 Å². The van der Waals surface area contributed by atoms with Crippen molar-refractivity contribution in [1.82, 2.24) is 3.28 Å². The Hall–Kier alpha value is -1.11. The van der Waals surface area contributed by atoms with E-state index in [1.807, 2.05) is 0 Å². The van der Waals surface area contributed by atoms with E-state index in [1.165, 1.54) is 6.92 Å². The standard InChI is InChI=1S/C9H8INO3/c1-7(12)11(10)14-9(13)8-5-3-2-4-6-8/h2-6H,1H3. The zero-order chi connectivity index (χ0) is 10.6. The molecule has 0 unspecified atom stereocenters. The maximum absolute atomic E-state index is 11.3. The topological polar surface area (TPSA) is 46.6 Å². The molecule has 0 atom stereocenters. The minimum Gasteiger partial charge on any atom is -0.323 e. The van der Waals surface area contributed by atoms with Crippen LogP contribution in [0, 0.1) is 0 Å². The number of hydrogen-bond donors (Lipinski definition) is 0. The van der Waals surface area contributed by atoms with Crippen molar-refractivity contribution in [2.24, 2.45) is 0 Å². The molecule has 0 heterocycles.